The summed E-state index contributed by atoms with van der Waals surface area (Å²) in [6, 6.07) is 16.8. The van der Waals surface area contributed by atoms with Crippen LogP contribution in [0.2, 0.25) is 0 Å². The van der Waals surface area contributed by atoms with Gasteiger partial charge in [-0.2, -0.15) is 4.98 Å². The summed E-state index contributed by atoms with van der Waals surface area (Å²) in [6.45, 7) is 2.50. The van der Waals surface area contributed by atoms with Crippen LogP contribution in [0.3, 0.4) is 0 Å². The lowest BCUT2D eigenvalue weighted by Crippen LogP contribution is -2.52. The first-order chi connectivity index (χ1) is 17.3. The SMILES string of the molecule is Cn1c(=O)c2c(nc(N3CCN[C@H](Cc4ccc(N([O-])O)cc4)C3)n2Cc2ccccc2)n(C)c1=O. The molecule has 5 rings (SSSR count). The molecule has 0 saturated carbocycles. The van der Waals surface area contributed by atoms with Gasteiger partial charge in [0.25, 0.3) is 5.56 Å². The van der Waals surface area contributed by atoms with E-state index in [9.17, 15) is 14.8 Å². The number of hydrogen-bond acceptors (Lipinski definition) is 8. The number of nitrogens with one attached hydrogen (secondary N) is 1. The van der Waals surface area contributed by atoms with Crippen LogP contribution in [0.25, 0.3) is 11.2 Å². The fourth-order valence-corrected chi connectivity index (χ4v) is 4.78. The Balaban J connectivity index is 1.51. The minimum atomic E-state index is -0.412. The smallest absolute Gasteiger partial charge is 0.332 e. The molecular formula is C25H28N7O4-. The van der Waals surface area contributed by atoms with Crippen LogP contribution < -0.4 is 26.7 Å². The van der Waals surface area contributed by atoms with Gasteiger partial charge in [-0.3, -0.25) is 23.7 Å². The maximum Gasteiger partial charge on any atom is 0.332 e. The average molecular weight is 491 g/mol. The second kappa shape index (κ2) is 9.61. The zero-order chi connectivity index (χ0) is 25.4. The Morgan fingerprint density at radius 1 is 1.06 bits per heavy atom. The Morgan fingerprint density at radius 3 is 2.47 bits per heavy atom. The third-order valence-corrected chi connectivity index (χ3v) is 6.69. The number of aromatic nitrogens is 4. The van der Waals surface area contributed by atoms with Crippen molar-refractivity contribution in [1.29, 1.82) is 0 Å². The molecule has 0 bridgehead atoms. The molecule has 0 amide bonds. The molecule has 4 aromatic rings. The van der Waals surface area contributed by atoms with Gasteiger partial charge < -0.3 is 20.7 Å². The molecule has 3 heterocycles. The van der Waals surface area contributed by atoms with Crippen molar-refractivity contribution in [2.45, 2.75) is 19.0 Å². The summed E-state index contributed by atoms with van der Waals surface area (Å²) in [7, 11) is 3.12. The monoisotopic (exact) mass is 490 g/mol. The van der Waals surface area contributed by atoms with Crippen LogP contribution in [-0.4, -0.2) is 49.6 Å². The van der Waals surface area contributed by atoms with E-state index in [1.54, 1.807) is 19.2 Å². The molecule has 11 heteroatoms. The van der Waals surface area contributed by atoms with Crippen LogP contribution in [0.4, 0.5) is 11.6 Å². The summed E-state index contributed by atoms with van der Waals surface area (Å²) in [5.41, 5.74) is 2.21. The zero-order valence-corrected chi connectivity index (χ0v) is 20.2. The normalized spacial score (nSPS) is 16.0. The van der Waals surface area contributed by atoms with Crippen molar-refractivity contribution in [3.8, 4) is 0 Å². The lowest BCUT2D eigenvalue weighted by molar-refractivity contribution is 0.296. The Morgan fingerprint density at radius 2 is 1.78 bits per heavy atom. The molecule has 1 fully saturated rings. The van der Waals surface area contributed by atoms with Crippen molar-refractivity contribution in [1.82, 2.24) is 24.0 Å². The van der Waals surface area contributed by atoms with Crippen LogP contribution in [0.5, 0.6) is 0 Å². The topological polar surface area (TPSA) is 124 Å². The fraction of sp³-hybridized carbons (Fsp3) is 0.320. The molecule has 2 aromatic heterocycles. The van der Waals surface area contributed by atoms with Crippen molar-refractivity contribution >= 4 is 22.8 Å². The average Bonchev–Trinajstić information content (AvgIpc) is 3.26. The van der Waals surface area contributed by atoms with Gasteiger partial charge >= 0.3 is 5.69 Å². The Hall–Kier alpha value is -3.93. The van der Waals surface area contributed by atoms with Gasteiger partial charge in [-0.05, 0) is 29.7 Å². The molecule has 188 valence electrons. The van der Waals surface area contributed by atoms with Crippen LogP contribution in [-0.2, 0) is 27.1 Å². The van der Waals surface area contributed by atoms with Crippen LogP contribution in [0.1, 0.15) is 11.1 Å². The molecule has 1 aliphatic heterocycles. The predicted molar refractivity (Wildman–Crippen MR) is 138 cm³/mol. The van der Waals surface area contributed by atoms with E-state index in [1.165, 1.54) is 11.6 Å². The Bertz CT molecular complexity index is 1490. The van der Waals surface area contributed by atoms with E-state index >= 15 is 0 Å². The molecule has 0 unspecified atom stereocenters. The van der Waals surface area contributed by atoms with Crippen molar-refractivity contribution in [2.75, 3.05) is 29.8 Å². The van der Waals surface area contributed by atoms with E-state index < -0.39 is 5.69 Å². The maximum absolute atomic E-state index is 13.2. The summed E-state index contributed by atoms with van der Waals surface area (Å²) >= 11 is 0. The molecular weight excluding hydrogens is 462 g/mol. The minimum Gasteiger partial charge on any atom is -0.733 e. The number of aryl methyl sites for hydroxylation is 1. The second-order valence-corrected chi connectivity index (χ2v) is 9.10. The number of anilines is 2. The van der Waals surface area contributed by atoms with Gasteiger partial charge in [-0.25, -0.2) is 4.79 Å². The molecule has 11 nitrogen and oxygen atoms in total. The van der Waals surface area contributed by atoms with Crippen molar-refractivity contribution < 1.29 is 5.21 Å². The van der Waals surface area contributed by atoms with Crippen molar-refractivity contribution in [2.24, 2.45) is 14.1 Å². The van der Waals surface area contributed by atoms with Gasteiger partial charge in [0, 0.05) is 39.8 Å². The summed E-state index contributed by atoms with van der Waals surface area (Å²) in [4.78, 5) is 32.8. The number of nitrogens with zero attached hydrogens (tertiary/aromatic N) is 6. The molecule has 1 atom stereocenters. The molecule has 2 aromatic carbocycles. The van der Waals surface area contributed by atoms with Gasteiger partial charge in [0.05, 0.1) is 12.2 Å². The first-order valence-electron chi connectivity index (χ1n) is 11.8. The molecule has 1 saturated heterocycles. The lowest BCUT2D eigenvalue weighted by atomic mass is 10.0. The molecule has 1 aliphatic rings. The number of piperazine rings is 1. The zero-order valence-electron chi connectivity index (χ0n) is 20.2. The third kappa shape index (κ3) is 4.39. The quantitative estimate of drug-likeness (QED) is 0.387. The number of hydrogen-bond donors (Lipinski definition) is 2. The lowest BCUT2D eigenvalue weighted by Gasteiger charge is -2.35. The van der Waals surface area contributed by atoms with Gasteiger partial charge in [0.2, 0.25) is 5.95 Å². The number of imidazole rings is 1. The highest BCUT2D eigenvalue weighted by atomic mass is 16.8. The summed E-state index contributed by atoms with van der Waals surface area (Å²) in [6.07, 6.45) is 0.709. The molecule has 0 spiro atoms. The van der Waals surface area contributed by atoms with E-state index in [-0.39, 0.29) is 22.5 Å². The van der Waals surface area contributed by atoms with E-state index in [0.717, 1.165) is 22.2 Å². The number of fused-ring (bicyclic) bond motifs is 1. The maximum atomic E-state index is 13.2. The largest absolute Gasteiger partial charge is 0.733 e. The first kappa shape index (κ1) is 23.8. The van der Waals surface area contributed by atoms with E-state index in [0.29, 0.717) is 43.2 Å². The summed E-state index contributed by atoms with van der Waals surface area (Å²) in [5.74, 6) is 0.649. The molecule has 0 radical (unpaired) electrons. The Labute approximate surface area is 207 Å². The standard InChI is InChI=1S/C25H28N7O4/c1-28-22-21(23(33)29(2)25(28)34)31(15-18-6-4-3-5-7-18)24(27-22)30-13-12-26-19(16-30)14-17-8-10-20(11-9-17)32(35)36/h3-11,19,26,35H,12-16H2,1-2H3/q-1/t19-/m1/s1. The summed E-state index contributed by atoms with van der Waals surface area (Å²) in [5, 5.41) is 23.5. The van der Waals surface area contributed by atoms with Crippen LogP contribution in [0.15, 0.2) is 64.2 Å². The molecule has 2 N–H and O–H groups in total. The third-order valence-electron chi connectivity index (χ3n) is 6.69. The van der Waals surface area contributed by atoms with Gasteiger partial charge in [-0.1, -0.05) is 42.5 Å². The highest BCUT2D eigenvalue weighted by molar-refractivity contribution is 5.75. The van der Waals surface area contributed by atoms with Gasteiger partial charge in [0.15, 0.2) is 11.2 Å². The predicted octanol–water partition coefficient (Wildman–Crippen LogP) is 1.20. The van der Waals surface area contributed by atoms with E-state index in [1.807, 2.05) is 47.0 Å². The highest BCUT2D eigenvalue weighted by Gasteiger charge is 2.27. The summed E-state index contributed by atoms with van der Waals surface area (Å²) < 4.78 is 4.45. The van der Waals surface area contributed by atoms with Gasteiger partial charge in [0.1, 0.15) is 0 Å². The minimum absolute atomic E-state index is 0.0960. The number of rotatable bonds is 6. The van der Waals surface area contributed by atoms with E-state index in [2.05, 4.69) is 10.2 Å². The van der Waals surface area contributed by atoms with E-state index in [4.69, 9.17) is 10.2 Å². The van der Waals surface area contributed by atoms with Crippen molar-refractivity contribution in [3.63, 3.8) is 0 Å². The van der Waals surface area contributed by atoms with Crippen molar-refractivity contribution in [3.05, 3.63) is 91.8 Å². The highest BCUT2D eigenvalue weighted by Crippen LogP contribution is 2.23. The molecule has 0 aliphatic carbocycles. The number of benzene rings is 2. The first-order valence-corrected chi connectivity index (χ1v) is 11.8. The van der Waals surface area contributed by atoms with Crippen LogP contribution in [0, 0.1) is 5.21 Å². The Kier molecular flexibility index (Phi) is 6.35. The van der Waals surface area contributed by atoms with Crippen LogP contribution >= 0.6 is 0 Å². The fourth-order valence-electron chi connectivity index (χ4n) is 4.78. The van der Waals surface area contributed by atoms with Gasteiger partial charge in [-0.15, -0.1) is 0 Å². The molecule has 36 heavy (non-hydrogen) atoms. The second-order valence-electron chi connectivity index (χ2n) is 9.10.